The summed E-state index contributed by atoms with van der Waals surface area (Å²) in [5.41, 5.74) is 2.47. The maximum absolute atomic E-state index is 10.8. The highest BCUT2D eigenvalue weighted by Gasteiger charge is 2.16. The summed E-state index contributed by atoms with van der Waals surface area (Å²) in [5, 5.41) is 8.85. The summed E-state index contributed by atoms with van der Waals surface area (Å²) in [7, 11) is 0. The minimum atomic E-state index is -1.08. The Morgan fingerprint density at radius 3 is 2.43 bits per heavy atom. The van der Waals surface area contributed by atoms with Crippen LogP contribution in [0, 0.1) is 6.92 Å². The van der Waals surface area contributed by atoms with Gasteiger partial charge in [-0.1, -0.05) is 19.9 Å². The summed E-state index contributed by atoms with van der Waals surface area (Å²) in [4.78, 5) is 10.8. The quantitative estimate of drug-likeness (QED) is 0.876. The van der Waals surface area contributed by atoms with Gasteiger partial charge < -0.3 is 14.3 Å². The summed E-state index contributed by atoms with van der Waals surface area (Å²) in [6.07, 6.45) is -0.345. The highest BCUT2D eigenvalue weighted by molar-refractivity contribution is 5.84. The van der Waals surface area contributed by atoms with Gasteiger partial charge in [-0.05, 0) is 55.2 Å². The minimum Gasteiger partial charge on any atom is -0.483 e. The number of hydrogen-bond acceptors (Lipinski definition) is 3. The number of furan rings is 1. The van der Waals surface area contributed by atoms with E-state index in [1.807, 2.05) is 19.1 Å². The summed E-state index contributed by atoms with van der Waals surface area (Å²) in [6.45, 7) is 8.20. The van der Waals surface area contributed by atoms with Crippen molar-refractivity contribution in [3.63, 3.8) is 0 Å². The van der Waals surface area contributed by atoms with E-state index < -0.39 is 5.97 Å². The number of benzene rings is 1. The van der Waals surface area contributed by atoms with Crippen molar-refractivity contribution < 1.29 is 19.1 Å². The van der Waals surface area contributed by atoms with E-state index in [1.165, 1.54) is 17.2 Å². The van der Waals surface area contributed by atoms with E-state index in [4.69, 9.17) is 14.3 Å². The van der Waals surface area contributed by atoms with Crippen molar-refractivity contribution in [3.05, 3.63) is 53.0 Å². The van der Waals surface area contributed by atoms with Gasteiger partial charge in [0.15, 0.2) is 6.10 Å². The Morgan fingerprint density at radius 2 is 1.90 bits per heavy atom. The first kappa shape index (κ1) is 15.2. The fourth-order valence-electron chi connectivity index (χ4n) is 2.32. The average molecular weight is 288 g/mol. The molecule has 0 aliphatic heterocycles. The van der Waals surface area contributed by atoms with E-state index >= 15 is 0 Å². The van der Waals surface area contributed by atoms with Crippen molar-refractivity contribution in [2.45, 2.75) is 39.7 Å². The van der Waals surface area contributed by atoms with Crippen molar-refractivity contribution >= 4 is 5.97 Å². The van der Waals surface area contributed by atoms with Gasteiger partial charge in [0.05, 0.1) is 0 Å². The molecule has 0 spiro atoms. The lowest BCUT2D eigenvalue weighted by molar-refractivity contribution is 0.0655. The highest BCUT2D eigenvalue weighted by Crippen LogP contribution is 2.27. The van der Waals surface area contributed by atoms with Crippen molar-refractivity contribution in [2.24, 2.45) is 0 Å². The maximum atomic E-state index is 10.8. The van der Waals surface area contributed by atoms with E-state index in [0.29, 0.717) is 11.7 Å². The molecule has 21 heavy (non-hydrogen) atoms. The number of rotatable bonds is 5. The van der Waals surface area contributed by atoms with E-state index in [2.05, 4.69) is 26.8 Å². The normalized spacial score (nSPS) is 12.4. The minimum absolute atomic E-state index is 0.0770. The van der Waals surface area contributed by atoms with Crippen LogP contribution in [0.1, 0.15) is 60.2 Å². The molecule has 0 aliphatic carbocycles. The van der Waals surface area contributed by atoms with Gasteiger partial charge in [0.25, 0.3) is 0 Å². The molecule has 2 aromatic rings. The predicted molar refractivity (Wildman–Crippen MR) is 80.0 cm³/mol. The third kappa shape index (κ3) is 3.45. The van der Waals surface area contributed by atoms with Gasteiger partial charge in [0.2, 0.25) is 5.76 Å². The Hall–Kier alpha value is -2.23. The Morgan fingerprint density at radius 1 is 1.19 bits per heavy atom. The molecule has 1 N–H and O–H groups in total. The first-order valence-electron chi connectivity index (χ1n) is 6.98. The molecule has 1 atom stereocenters. The van der Waals surface area contributed by atoms with Crippen molar-refractivity contribution in [1.29, 1.82) is 0 Å². The Labute approximate surface area is 124 Å². The van der Waals surface area contributed by atoms with Crippen LogP contribution in [0.15, 0.2) is 34.7 Å². The molecule has 112 valence electrons. The number of ether oxygens (including phenoxy) is 1. The molecule has 0 saturated heterocycles. The first-order chi connectivity index (χ1) is 9.88. The molecule has 1 unspecified atom stereocenters. The van der Waals surface area contributed by atoms with Gasteiger partial charge in [-0.3, -0.25) is 0 Å². The fraction of sp³-hybridized carbons (Fsp3) is 0.353. The van der Waals surface area contributed by atoms with Gasteiger partial charge >= 0.3 is 5.97 Å². The molecule has 0 amide bonds. The fourth-order valence-corrected chi connectivity index (χ4v) is 2.32. The topological polar surface area (TPSA) is 59.7 Å². The zero-order chi connectivity index (χ0) is 15.6. The molecule has 2 rings (SSSR count). The van der Waals surface area contributed by atoms with Crippen LogP contribution in [0.5, 0.6) is 5.75 Å². The number of aryl methyl sites for hydroxylation is 1. The van der Waals surface area contributed by atoms with Crippen LogP contribution in [0.25, 0.3) is 0 Å². The standard InChI is InChI=1S/C17H20O4/c1-10(2)14-6-5-13(9-11(14)3)20-12(4)15-7-8-16(21-15)17(18)19/h5-10,12H,1-4H3,(H,18,19). The molecule has 4 heteroatoms. The average Bonchev–Trinajstić information content (AvgIpc) is 2.88. The lowest BCUT2D eigenvalue weighted by Crippen LogP contribution is -2.03. The molecule has 1 aromatic heterocycles. The van der Waals surface area contributed by atoms with Gasteiger partial charge in [-0.25, -0.2) is 4.79 Å². The summed E-state index contributed by atoms with van der Waals surface area (Å²) < 4.78 is 11.1. The largest absolute Gasteiger partial charge is 0.483 e. The first-order valence-corrected chi connectivity index (χ1v) is 6.98. The van der Waals surface area contributed by atoms with Crippen LogP contribution < -0.4 is 4.74 Å². The van der Waals surface area contributed by atoms with E-state index in [-0.39, 0.29) is 11.9 Å². The summed E-state index contributed by atoms with van der Waals surface area (Å²) in [6, 6.07) is 9.05. The van der Waals surface area contributed by atoms with Crippen LogP contribution in [-0.2, 0) is 0 Å². The van der Waals surface area contributed by atoms with Crippen molar-refractivity contribution in [2.75, 3.05) is 0 Å². The Balaban J connectivity index is 2.13. The predicted octanol–water partition coefficient (Wildman–Crippen LogP) is 4.55. The van der Waals surface area contributed by atoms with Gasteiger partial charge in [0.1, 0.15) is 11.5 Å². The van der Waals surface area contributed by atoms with Crippen LogP contribution >= 0.6 is 0 Å². The molecule has 4 nitrogen and oxygen atoms in total. The maximum Gasteiger partial charge on any atom is 0.371 e. The zero-order valence-electron chi connectivity index (χ0n) is 12.7. The molecule has 0 aliphatic rings. The van der Waals surface area contributed by atoms with Crippen molar-refractivity contribution in [1.82, 2.24) is 0 Å². The molecular formula is C17H20O4. The molecule has 1 heterocycles. The number of aromatic carboxylic acids is 1. The SMILES string of the molecule is Cc1cc(OC(C)c2ccc(C(=O)O)o2)ccc1C(C)C. The molecule has 0 saturated carbocycles. The lowest BCUT2D eigenvalue weighted by Gasteiger charge is -2.15. The van der Waals surface area contributed by atoms with Gasteiger partial charge in [0, 0.05) is 0 Å². The van der Waals surface area contributed by atoms with Crippen LogP contribution in [0.3, 0.4) is 0 Å². The van der Waals surface area contributed by atoms with Crippen LogP contribution in [0.4, 0.5) is 0 Å². The van der Waals surface area contributed by atoms with E-state index in [1.54, 1.807) is 6.07 Å². The molecule has 0 bridgehead atoms. The number of hydrogen-bond donors (Lipinski definition) is 1. The number of carbonyl (C=O) groups is 1. The van der Waals surface area contributed by atoms with E-state index in [9.17, 15) is 4.79 Å². The van der Waals surface area contributed by atoms with Gasteiger partial charge in [-0.15, -0.1) is 0 Å². The molecule has 0 radical (unpaired) electrons. The highest BCUT2D eigenvalue weighted by atomic mass is 16.5. The second kappa shape index (κ2) is 6.04. The summed E-state index contributed by atoms with van der Waals surface area (Å²) >= 11 is 0. The third-order valence-electron chi connectivity index (χ3n) is 3.41. The molecular weight excluding hydrogens is 268 g/mol. The van der Waals surface area contributed by atoms with Crippen LogP contribution in [0.2, 0.25) is 0 Å². The van der Waals surface area contributed by atoms with Gasteiger partial charge in [-0.2, -0.15) is 0 Å². The zero-order valence-corrected chi connectivity index (χ0v) is 12.7. The second-order valence-electron chi connectivity index (χ2n) is 5.44. The molecule has 0 fully saturated rings. The monoisotopic (exact) mass is 288 g/mol. The number of carboxylic acid groups (broad SMARTS) is 1. The van der Waals surface area contributed by atoms with Crippen LogP contribution in [-0.4, -0.2) is 11.1 Å². The van der Waals surface area contributed by atoms with Crippen molar-refractivity contribution in [3.8, 4) is 5.75 Å². The second-order valence-corrected chi connectivity index (χ2v) is 5.44. The Kier molecular flexibility index (Phi) is 4.36. The smallest absolute Gasteiger partial charge is 0.371 e. The number of carboxylic acids is 1. The lowest BCUT2D eigenvalue weighted by atomic mass is 9.98. The third-order valence-corrected chi connectivity index (χ3v) is 3.41. The summed E-state index contributed by atoms with van der Waals surface area (Å²) in [5.74, 6) is 0.563. The molecule has 1 aromatic carbocycles. The van der Waals surface area contributed by atoms with E-state index in [0.717, 1.165) is 5.75 Å². The Bertz CT molecular complexity index is 640.